The summed E-state index contributed by atoms with van der Waals surface area (Å²) in [4.78, 5) is 38.2. The number of rotatable bonds is 3. The Bertz CT molecular complexity index is 825. The number of hydrogen-bond donors (Lipinski definition) is 2. The largest absolute Gasteiger partial charge is 0.506 e. The Morgan fingerprint density at radius 1 is 1.08 bits per heavy atom. The summed E-state index contributed by atoms with van der Waals surface area (Å²) in [5, 5.41) is 12.4. The summed E-state index contributed by atoms with van der Waals surface area (Å²) in [6.45, 7) is 3.30. The lowest BCUT2D eigenvalue weighted by Gasteiger charge is -2.22. The number of aryl methyl sites for hydroxylation is 1. The Balaban J connectivity index is 1.83. The average Bonchev–Trinajstić information content (AvgIpc) is 2.82. The molecular weight excluding hydrogens is 308 g/mol. The molecule has 6 nitrogen and oxygen atoms in total. The van der Waals surface area contributed by atoms with Gasteiger partial charge in [0.25, 0.3) is 11.8 Å². The van der Waals surface area contributed by atoms with Crippen LogP contribution in [0, 0.1) is 6.92 Å². The van der Waals surface area contributed by atoms with E-state index in [0.717, 1.165) is 10.5 Å². The van der Waals surface area contributed by atoms with E-state index in [2.05, 4.69) is 5.32 Å². The summed E-state index contributed by atoms with van der Waals surface area (Å²) in [7, 11) is 0. The number of imide groups is 1. The van der Waals surface area contributed by atoms with Crippen LogP contribution in [-0.2, 0) is 4.79 Å². The molecule has 2 N–H and O–H groups in total. The minimum Gasteiger partial charge on any atom is -0.506 e. The molecule has 1 heterocycles. The Labute approximate surface area is 138 Å². The lowest BCUT2D eigenvalue weighted by molar-refractivity contribution is -0.119. The third-order valence-electron chi connectivity index (χ3n) is 4.00. The Morgan fingerprint density at radius 3 is 2.25 bits per heavy atom. The maximum absolute atomic E-state index is 12.4. The highest BCUT2D eigenvalue weighted by Crippen LogP contribution is 2.27. The van der Waals surface area contributed by atoms with E-state index in [4.69, 9.17) is 0 Å². The van der Waals surface area contributed by atoms with Crippen LogP contribution in [0.25, 0.3) is 0 Å². The van der Waals surface area contributed by atoms with Crippen molar-refractivity contribution in [2.24, 2.45) is 0 Å². The Hall–Kier alpha value is -3.15. The number of nitrogens with one attached hydrogen (secondary N) is 1. The number of phenolic OH excluding ortho intramolecular Hbond substituents is 1. The van der Waals surface area contributed by atoms with E-state index in [-0.39, 0.29) is 11.4 Å². The SMILES string of the molecule is Cc1ccc(O)c(NC(=O)C(C)N2C(=O)c3ccccc3C2=O)c1. The smallest absolute Gasteiger partial charge is 0.262 e. The third-order valence-corrected chi connectivity index (χ3v) is 4.00. The normalized spacial score (nSPS) is 14.5. The molecule has 0 aromatic heterocycles. The van der Waals surface area contributed by atoms with Gasteiger partial charge in [0.15, 0.2) is 0 Å². The van der Waals surface area contributed by atoms with E-state index in [1.807, 2.05) is 6.92 Å². The van der Waals surface area contributed by atoms with Crippen molar-refractivity contribution in [2.45, 2.75) is 19.9 Å². The van der Waals surface area contributed by atoms with Crippen molar-refractivity contribution in [3.63, 3.8) is 0 Å². The van der Waals surface area contributed by atoms with Gasteiger partial charge >= 0.3 is 0 Å². The van der Waals surface area contributed by atoms with Crippen LogP contribution in [0.2, 0.25) is 0 Å². The minimum absolute atomic E-state index is 0.0801. The molecule has 122 valence electrons. The van der Waals surface area contributed by atoms with Crippen LogP contribution in [0.4, 0.5) is 5.69 Å². The number of aromatic hydroxyl groups is 1. The summed E-state index contributed by atoms with van der Waals surface area (Å²) < 4.78 is 0. The molecule has 0 spiro atoms. The first kappa shape index (κ1) is 15.7. The predicted molar refractivity (Wildman–Crippen MR) is 87.9 cm³/mol. The number of carbonyl (C=O) groups excluding carboxylic acids is 3. The van der Waals surface area contributed by atoms with Crippen LogP contribution in [-0.4, -0.2) is 33.8 Å². The highest BCUT2D eigenvalue weighted by atomic mass is 16.3. The van der Waals surface area contributed by atoms with E-state index in [1.165, 1.54) is 13.0 Å². The monoisotopic (exact) mass is 324 g/mol. The maximum atomic E-state index is 12.4. The average molecular weight is 324 g/mol. The van der Waals surface area contributed by atoms with E-state index in [1.54, 1.807) is 36.4 Å². The second-order valence-electron chi connectivity index (χ2n) is 5.71. The van der Waals surface area contributed by atoms with E-state index < -0.39 is 23.8 Å². The van der Waals surface area contributed by atoms with Crippen molar-refractivity contribution in [1.82, 2.24) is 4.90 Å². The van der Waals surface area contributed by atoms with Crippen molar-refractivity contribution in [3.05, 3.63) is 59.2 Å². The van der Waals surface area contributed by atoms with Gasteiger partial charge in [-0.05, 0) is 43.7 Å². The molecule has 2 aromatic rings. The predicted octanol–water partition coefficient (Wildman–Crippen LogP) is 2.32. The number of hydrogen-bond acceptors (Lipinski definition) is 4. The van der Waals surface area contributed by atoms with Crippen LogP contribution in [0.3, 0.4) is 0 Å². The van der Waals surface area contributed by atoms with Crippen molar-refractivity contribution in [2.75, 3.05) is 5.32 Å². The fourth-order valence-corrected chi connectivity index (χ4v) is 2.66. The number of nitrogens with zero attached hydrogens (tertiary/aromatic N) is 1. The number of benzene rings is 2. The summed E-state index contributed by atoms with van der Waals surface area (Å²) in [6.07, 6.45) is 0. The van der Waals surface area contributed by atoms with Gasteiger partial charge in [-0.2, -0.15) is 0 Å². The molecule has 0 aliphatic carbocycles. The van der Waals surface area contributed by atoms with Crippen LogP contribution in [0.15, 0.2) is 42.5 Å². The first-order valence-corrected chi connectivity index (χ1v) is 7.47. The lowest BCUT2D eigenvalue weighted by Crippen LogP contribution is -2.45. The molecule has 3 rings (SSSR count). The Kier molecular flexibility index (Phi) is 3.81. The molecule has 0 bridgehead atoms. The number of amides is 3. The zero-order valence-corrected chi connectivity index (χ0v) is 13.2. The van der Waals surface area contributed by atoms with Crippen molar-refractivity contribution in [3.8, 4) is 5.75 Å². The van der Waals surface area contributed by atoms with E-state index in [0.29, 0.717) is 11.1 Å². The second kappa shape index (κ2) is 5.81. The van der Waals surface area contributed by atoms with Gasteiger partial charge in [0, 0.05) is 0 Å². The molecule has 3 amide bonds. The maximum Gasteiger partial charge on any atom is 0.262 e. The fraction of sp³-hybridized carbons (Fsp3) is 0.167. The third kappa shape index (κ3) is 2.52. The van der Waals surface area contributed by atoms with Gasteiger partial charge in [0.05, 0.1) is 16.8 Å². The summed E-state index contributed by atoms with van der Waals surface area (Å²) in [5.74, 6) is -1.62. The van der Waals surface area contributed by atoms with Gasteiger partial charge in [-0.25, -0.2) is 0 Å². The number of fused-ring (bicyclic) bond motifs is 1. The zero-order chi connectivity index (χ0) is 17.4. The van der Waals surface area contributed by atoms with Gasteiger partial charge in [0.2, 0.25) is 5.91 Å². The molecule has 1 aliphatic rings. The van der Waals surface area contributed by atoms with Gasteiger partial charge in [0.1, 0.15) is 11.8 Å². The van der Waals surface area contributed by atoms with Crippen molar-refractivity contribution in [1.29, 1.82) is 0 Å². The minimum atomic E-state index is -1.00. The molecule has 0 fully saturated rings. The summed E-state index contributed by atoms with van der Waals surface area (Å²) >= 11 is 0. The number of anilines is 1. The molecule has 1 unspecified atom stereocenters. The second-order valence-corrected chi connectivity index (χ2v) is 5.71. The molecule has 6 heteroatoms. The van der Waals surface area contributed by atoms with Gasteiger partial charge in [-0.3, -0.25) is 19.3 Å². The number of carbonyl (C=O) groups is 3. The first-order chi connectivity index (χ1) is 11.4. The van der Waals surface area contributed by atoms with E-state index in [9.17, 15) is 19.5 Å². The number of phenols is 1. The molecule has 1 aliphatic heterocycles. The van der Waals surface area contributed by atoms with Crippen LogP contribution >= 0.6 is 0 Å². The van der Waals surface area contributed by atoms with Crippen molar-refractivity contribution >= 4 is 23.4 Å². The lowest BCUT2D eigenvalue weighted by atomic mass is 10.1. The molecule has 1 atom stereocenters. The first-order valence-electron chi connectivity index (χ1n) is 7.47. The van der Waals surface area contributed by atoms with Gasteiger partial charge < -0.3 is 10.4 Å². The summed E-state index contributed by atoms with van der Waals surface area (Å²) in [5.41, 5.74) is 1.68. The fourth-order valence-electron chi connectivity index (χ4n) is 2.66. The quantitative estimate of drug-likeness (QED) is 0.670. The summed E-state index contributed by atoms with van der Waals surface area (Å²) in [6, 6.07) is 10.3. The standard InChI is InChI=1S/C18H16N2O4/c1-10-7-8-15(21)14(9-10)19-16(22)11(2)20-17(23)12-5-3-4-6-13(12)18(20)24/h3-9,11,21H,1-2H3,(H,19,22). The molecule has 2 aromatic carbocycles. The van der Waals surface area contributed by atoms with Crippen LogP contribution < -0.4 is 5.32 Å². The highest BCUT2D eigenvalue weighted by molar-refractivity contribution is 6.23. The van der Waals surface area contributed by atoms with Crippen molar-refractivity contribution < 1.29 is 19.5 Å². The van der Waals surface area contributed by atoms with Gasteiger partial charge in [-0.1, -0.05) is 18.2 Å². The molecule has 0 radical (unpaired) electrons. The van der Waals surface area contributed by atoms with Crippen LogP contribution in [0.5, 0.6) is 5.75 Å². The van der Waals surface area contributed by atoms with E-state index >= 15 is 0 Å². The molecular formula is C18H16N2O4. The molecule has 24 heavy (non-hydrogen) atoms. The highest BCUT2D eigenvalue weighted by Gasteiger charge is 2.40. The zero-order valence-electron chi connectivity index (χ0n) is 13.2. The molecule has 0 saturated carbocycles. The van der Waals surface area contributed by atoms with Crippen LogP contribution in [0.1, 0.15) is 33.2 Å². The molecule has 0 saturated heterocycles. The Morgan fingerprint density at radius 2 is 1.67 bits per heavy atom. The topological polar surface area (TPSA) is 86.7 Å². The van der Waals surface area contributed by atoms with Gasteiger partial charge in [-0.15, -0.1) is 0 Å².